The summed E-state index contributed by atoms with van der Waals surface area (Å²) in [6.07, 6.45) is 9.38. The first-order valence-corrected chi connectivity index (χ1v) is 20.4. The van der Waals surface area contributed by atoms with Gasteiger partial charge in [-0.1, -0.05) is 25.8 Å². The number of urea groups is 1. The number of H-pyrrole nitrogens is 1. The Kier molecular flexibility index (Phi) is 13.1. The number of aliphatic hydroxyl groups is 1. The number of aromatic nitrogens is 4. The SMILES string of the molecule is CCCCCC1(O)CN(c2ccc(N3CCN(c4ccc(OC[C@H]5OC[C@](Cn6cncn6)(c6ccc(F)cc6F)O5)cc4)CC3)cc2)C(=O)N1C(C)C.c1cc[nH]c1. The van der Waals surface area contributed by atoms with Crippen LogP contribution < -0.4 is 19.4 Å². The van der Waals surface area contributed by atoms with Gasteiger partial charge in [0.25, 0.3) is 0 Å². The first-order valence-electron chi connectivity index (χ1n) is 20.4. The molecule has 3 atom stereocenters. The summed E-state index contributed by atoms with van der Waals surface area (Å²) in [4.78, 5) is 28.3. The second-order valence-electron chi connectivity index (χ2n) is 15.5. The van der Waals surface area contributed by atoms with E-state index in [4.69, 9.17) is 14.2 Å². The van der Waals surface area contributed by atoms with Gasteiger partial charge in [0.15, 0.2) is 12.0 Å². The minimum atomic E-state index is -1.24. The third-order valence-corrected chi connectivity index (χ3v) is 11.0. The van der Waals surface area contributed by atoms with Gasteiger partial charge in [-0.25, -0.2) is 23.2 Å². The lowest BCUT2D eigenvalue weighted by Gasteiger charge is -2.37. The molecule has 59 heavy (non-hydrogen) atoms. The number of unbranched alkanes of at least 4 members (excludes halogenated alkanes) is 2. The molecule has 0 bridgehead atoms. The zero-order chi connectivity index (χ0) is 41.4. The van der Waals surface area contributed by atoms with Gasteiger partial charge in [-0.05, 0) is 93.4 Å². The predicted octanol–water partition coefficient (Wildman–Crippen LogP) is 7.16. The molecule has 2 aromatic heterocycles. The fourth-order valence-electron chi connectivity index (χ4n) is 8.10. The van der Waals surface area contributed by atoms with Crippen LogP contribution in [0.2, 0.25) is 0 Å². The lowest BCUT2D eigenvalue weighted by molar-refractivity contribution is -0.117. The monoisotopic (exact) mass is 812 g/mol. The van der Waals surface area contributed by atoms with Crippen molar-refractivity contribution in [3.8, 4) is 5.75 Å². The molecule has 1 unspecified atom stereocenters. The molecule has 0 saturated carbocycles. The number of anilines is 3. The number of ether oxygens (including phenoxy) is 3. The third kappa shape index (κ3) is 9.69. The van der Waals surface area contributed by atoms with Crippen molar-refractivity contribution in [2.24, 2.45) is 0 Å². The number of rotatable bonds is 14. The highest BCUT2D eigenvalue weighted by Crippen LogP contribution is 2.38. The molecule has 8 rings (SSSR count). The van der Waals surface area contributed by atoms with Crippen LogP contribution in [0.5, 0.6) is 5.75 Å². The first kappa shape index (κ1) is 41.6. The highest BCUT2D eigenvalue weighted by molar-refractivity contribution is 5.95. The number of benzene rings is 3. The largest absolute Gasteiger partial charge is 0.488 e. The molecular weight excluding hydrogens is 759 g/mol. The number of carbonyl (C=O) groups is 1. The van der Waals surface area contributed by atoms with E-state index in [0.717, 1.165) is 68.6 Å². The van der Waals surface area contributed by atoms with E-state index in [1.54, 1.807) is 9.80 Å². The summed E-state index contributed by atoms with van der Waals surface area (Å²) in [6.45, 7) is 9.86. The van der Waals surface area contributed by atoms with E-state index in [1.807, 2.05) is 74.8 Å². The summed E-state index contributed by atoms with van der Waals surface area (Å²) in [5.41, 5.74) is 0.734. The van der Waals surface area contributed by atoms with Crippen LogP contribution in [0, 0.1) is 11.6 Å². The number of hydrogen-bond donors (Lipinski definition) is 2. The first-order chi connectivity index (χ1) is 28.6. The van der Waals surface area contributed by atoms with Crippen LogP contribution >= 0.6 is 0 Å². The Balaban J connectivity index is 0.000000983. The molecule has 3 aromatic carbocycles. The van der Waals surface area contributed by atoms with Crippen molar-refractivity contribution in [2.75, 3.05) is 60.6 Å². The molecule has 2 amide bonds. The Morgan fingerprint density at radius 3 is 2.17 bits per heavy atom. The van der Waals surface area contributed by atoms with Crippen LogP contribution in [0.15, 0.2) is 104 Å². The lowest BCUT2D eigenvalue weighted by atomic mass is 9.94. The number of piperazine rings is 1. The Labute approximate surface area is 344 Å². The number of nitrogens with zero attached hydrogens (tertiary/aromatic N) is 7. The van der Waals surface area contributed by atoms with Crippen molar-refractivity contribution < 1.29 is 32.9 Å². The van der Waals surface area contributed by atoms with E-state index in [0.29, 0.717) is 12.2 Å². The molecule has 0 aliphatic carbocycles. The molecule has 0 spiro atoms. The van der Waals surface area contributed by atoms with Gasteiger partial charge in [0.1, 0.15) is 42.2 Å². The van der Waals surface area contributed by atoms with Crippen LogP contribution in [-0.2, 0) is 21.6 Å². The number of β-amino-alcohol motifs (C(OH)–C–C–N with tert-alkyl or cyclic N) is 1. The molecule has 15 heteroatoms. The van der Waals surface area contributed by atoms with E-state index in [-0.39, 0.29) is 43.9 Å². The zero-order valence-corrected chi connectivity index (χ0v) is 33.9. The molecule has 3 aliphatic heterocycles. The van der Waals surface area contributed by atoms with Crippen molar-refractivity contribution in [1.29, 1.82) is 0 Å². The third-order valence-electron chi connectivity index (χ3n) is 11.0. The fraction of sp³-hybridized carbons (Fsp3) is 0.432. The minimum Gasteiger partial charge on any atom is -0.488 e. The van der Waals surface area contributed by atoms with Crippen LogP contribution in [0.25, 0.3) is 0 Å². The highest BCUT2D eigenvalue weighted by atomic mass is 19.1. The second-order valence-corrected chi connectivity index (χ2v) is 15.5. The van der Waals surface area contributed by atoms with Gasteiger partial charge in [0, 0.05) is 73.3 Å². The summed E-state index contributed by atoms with van der Waals surface area (Å²) < 4.78 is 48.4. The van der Waals surface area contributed by atoms with Crippen LogP contribution in [0.1, 0.15) is 52.0 Å². The van der Waals surface area contributed by atoms with E-state index in [1.165, 1.54) is 29.5 Å². The maximum absolute atomic E-state index is 14.9. The molecule has 3 aliphatic rings. The molecule has 0 radical (unpaired) electrons. The number of nitrogens with one attached hydrogen (secondary N) is 1. The van der Waals surface area contributed by atoms with E-state index >= 15 is 0 Å². The number of aromatic amines is 1. The molecule has 3 saturated heterocycles. The molecule has 3 fully saturated rings. The average molecular weight is 813 g/mol. The molecule has 5 aromatic rings. The normalized spacial score (nSPS) is 21.9. The van der Waals surface area contributed by atoms with Crippen molar-refractivity contribution in [3.05, 3.63) is 121 Å². The number of carbonyl (C=O) groups excluding carboxylic acids is 1. The standard InChI is InChI=1S/C40H49F2N7O5.C4H5N/c1-4-5-6-17-40(51)25-48(38(50)49(40)29(2)3)33-10-8-31(9-11-33)45-18-20-46(21-19-45)32-12-14-34(15-13-32)52-23-37-53-26-39(54-37,24-47-28-43-27-44-47)35-16-7-30(41)22-36(35)42;1-2-4-5-3-1/h7-16,22,27-29,37,51H,4-6,17-21,23-26H2,1-3H3;1-5H/t37-,39+,40?;/m0./s1. The van der Waals surface area contributed by atoms with Crippen LogP contribution in [-0.4, -0.2) is 99.8 Å². The predicted molar refractivity (Wildman–Crippen MR) is 221 cm³/mol. The van der Waals surface area contributed by atoms with Gasteiger partial charge >= 0.3 is 6.03 Å². The zero-order valence-electron chi connectivity index (χ0n) is 33.9. The van der Waals surface area contributed by atoms with Gasteiger partial charge in [-0.3, -0.25) is 9.80 Å². The van der Waals surface area contributed by atoms with Crippen LogP contribution in [0.4, 0.5) is 30.6 Å². The quantitative estimate of drug-likeness (QED) is 0.112. The lowest BCUT2D eigenvalue weighted by Crippen LogP contribution is -2.50. The number of halogens is 2. The average Bonchev–Trinajstić information content (AvgIpc) is 4.08. The summed E-state index contributed by atoms with van der Waals surface area (Å²) in [5.74, 6) is -0.764. The molecular formula is C44H54F2N8O5. The van der Waals surface area contributed by atoms with Crippen molar-refractivity contribution >= 4 is 23.1 Å². The number of hydrogen-bond acceptors (Lipinski definition) is 9. The summed E-state index contributed by atoms with van der Waals surface area (Å²) in [6, 6.07) is 23.0. The Morgan fingerprint density at radius 2 is 1.59 bits per heavy atom. The topological polar surface area (TPSA) is 124 Å². The second kappa shape index (κ2) is 18.6. The van der Waals surface area contributed by atoms with Gasteiger partial charge in [-0.15, -0.1) is 0 Å². The van der Waals surface area contributed by atoms with E-state index < -0.39 is 29.3 Å². The molecule has 314 valence electrons. The van der Waals surface area contributed by atoms with Crippen molar-refractivity contribution in [1.82, 2.24) is 24.6 Å². The van der Waals surface area contributed by atoms with E-state index in [2.05, 4.69) is 43.9 Å². The maximum Gasteiger partial charge on any atom is 0.327 e. The Bertz CT molecular complexity index is 2050. The van der Waals surface area contributed by atoms with E-state index in [9.17, 15) is 18.7 Å². The summed E-state index contributed by atoms with van der Waals surface area (Å²) >= 11 is 0. The smallest absolute Gasteiger partial charge is 0.327 e. The Morgan fingerprint density at radius 1 is 0.932 bits per heavy atom. The fourth-order valence-corrected chi connectivity index (χ4v) is 8.10. The minimum absolute atomic E-state index is 0.0250. The maximum atomic E-state index is 14.9. The molecule has 5 heterocycles. The van der Waals surface area contributed by atoms with Gasteiger partial charge in [-0.2, -0.15) is 5.10 Å². The van der Waals surface area contributed by atoms with Crippen molar-refractivity contribution in [3.63, 3.8) is 0 Å². The molecule has 2 N–H and O–H groups in total. The highest BCUT2D eigenvalue weighted by Gasteiger charge is 2.50. The van der Waals surface area contributed by atoms with Gasteiger partial charge in [0.2, 0.25) is 0 Å². The van der Waals surface area contributed by atoms with Crippen LogP contribution in [0.3, 0.4) is 0 Å². The van der Waals surface area contributed by atoms with Gasteiger partial charge < -0.3 is 34.1 Å². The van der Waals surface area contributed by atoms with Gasteiger partial charge in [0.05, 0.1) is 19.7 Å². The molecule has 13 nitrogen and oxygen atoms in total. The Hall–Kier alpha value is -5.51. The number of amides is 2. The summed E-state index contributed by atoms with van der Waals surface area (Å²) in [5, 5.41) is 15.7. The summed E-state index contributed by atoms with van der Waals surface area (Å²) in [7, 11) is 0. The van der Waals surface area contributed by atoms with Crippen molar-refractivity contribution in [2.45, 2.75) is 76.7 Å².